The molecule has 0 saturated heterocycles. The molecule has 3 heteroatoms. The maximum absolute atomic E-state index is 12.1. The van der Waals surface area contributed by atoms with E-state index in [1.54, 1.807) is 0 Å². The number of hydrogen-bond acceptors (Lipinski definition) is 3. The Labute approximate surface area is 141 Å². The van der Waals surface area contributed by atoms with Crippen molar-refractivity contribution in [2.75, 3.05) is 5.32 Å². The number of anilines is 2. The smallest absolute Gasteiger partial charge is 0.250 e. The summed E-state index contributed by atoms with van der Waals surface area (Å²) >= 11 is 0. The van der Waals surface area contributed by atoms with Crippen molar-refractivity contribution in [1.29, 1.82) is 0 Å². The minimum absolute atomic E-state index is 0.389. The summed E-state index contributed by atoms with van der Waals surface area (Å²) in [6.07, 6.45) is 0. The molecule has 1 N–H and O–H groups in total. The molecule has 0 aliphatic heterocycles. The Kier molecular flexibility index (Phi) is 4.10. The van der Waals surface area contributed by atoms with Crippen LogP contribution in [0.15, 0.2) is 52.1 Å². The van der Waals surface area contributed by atoms with Crippen molar-refractivity contribution in [2.45, 2.75) is 33.6 Å². The molecule has 0 aromatic heterocycles. The SMILES string of the molecule is Cc1ccc(-c2c(Nc3ccc(C(C)C)cc3)c(=O)c2=O)cc1C. The lowest BCUT2D eigenvalue weighted by Gasteiger charge is -2.15. The van der Waals surface area contributed by atoms with Gasteiger partial charge in [-0.15, -0.1) is 0 Å². The molecule has 3 nitrogen and oxygen atoms in total. The van der Waals surface area contributed by atoms with Gasteiger partial charge in [0.2, 0.25) is 5.43 Å². The number of nitrogens with one attached hydrogen (secondary N) is 1. The first-order valence-corrected chi connectivity index (χ1v) is 8.16. The summed E-state index contributed by atoms with van der Waals surface area (Å²) in [5.74, 6) is 0.455. The first-order chi connectivity index (χ1) is 11.4. The van der Waals surface area contributed by atoms with Gasteiger partial charge in [0, 0.05) is 5.69 Å². The predicted octanol–water partition coefficient (Wildman–Crippen LogP) is 4.43. The summed E-state index contributed by atoms with van der Waals surface area (Å²) in [7, 11) is 0. The van der Waals surface area contributed by atoms with Crippen LogP contribution in [0.25, 0.3) is 11.1 Å². The highest BCUT2D eigenvalue weighted by Crippen LogP contribution is 2.28. The van der Waals surface area contributed by atoms with Crippen LogP contribution in [0.4, 0.5) is 11.4 Å². The highest BCUT2D eigenvalue weighted by Gasteiger charge is 2.22. The molecule has 3 rings (SSSR count). The van der Waals surface area contributed by atoms with E-state index in [1.165, 1.54) is 5.56 Å². The number of rotatable bonds is 4. The van der Waals surface area contributed by atoms with Crippen LogP contribution in [0.3, 0.4) is 0 Å². The fraction of sp³-hybridized carbons (Fsp3) is 0.238. The Bertz CT molecular complexity index is 959. The van der Waals surface area contributed by atoms with Gasteiger partial charge in [0.25, 0.3) is 5.43 Å². The zero-order valence-electron chi connectivity index (χ0n) is 14.4. The molecule has 0 heterocycles. The van der Waals surface area contributed by atoms with Crippen LogP contribution < -0.4 is 16.2 Å². The van der Waals surface area contributed by atoms with Crippen LogP contribution >= 0.6 is 0 Å². The Hall–Kier alpha value is -2.68. The Morgan fingerprint density at radius 1 is 0.833 bits per heavy atom. The van der Waals surface area contributed by atoms with Crippen molar-refractivity contribution in [2.24, 2.45) is 0 Å². The minimum atomic E-state index is -0.448. The van der Waals surface area contributed by atoms with Crippen LogP contribution in [0.5, 0.6) is 0 Å². The average Bonchev–Trinajstić information content (AvgIpc) is 2.57. The van der Waals surface area contributed by atoms with Gasteiger partial charge in [0.15, 0.2) is 0 Å². The molecule has 0 bridgehead atoms. The van der Waals surface area contributed by atoms with Gasteiger partial charge in [-0.25, -0.2) is 0 Å². The van der Waals surface area contributed by atoms with Gasteiger partial charge < -0.3 is 5.32 Å². The highest BCUT2D eigenvalue weighted by atomic mass is 16.2. The molecule has 0 fully saturated rings. The predicted molar refractivity (Wildman–Crippen MR) is 100 cm³/mol. The van der Waals surface area contributed by atoms with E-state index in [0.29, 0.717) is 17.2 Å². The van der Waals surface area contributed by atoms with Crippen molar-refractivity contribution >= 4 is 11.4 Å². The highest BCUT2D eigenvalue weighted by molar-refractivity contribution is 5.85. The summed E-state index contributed by atoms with van der Waals surface area (Å²) < 4.78 is 0. The van der Waals surface area contributed by atoms with Crippen molar-refractivity contribution in [3.63, 3.8) is 0 Å². The van der Waals surface area contributed by atoms with Gasteiger partial charge in [-0.1, -0.05) is 44.2 Å². The zero-order chi connectivity index (χ0) is 17.4. The largest absolute Gasteiger partial charge is 0.352 e. The second kappa shape index (κ2) is 6.08. The van der Waals surface area contributed by atoms with Crippen molar-refractivity contribution in [1.82, 2.24) is 0 Å². The van der Waals surface area contributed by atoms with E-state index in [4.69, 9.17) is 0 Å². The van der Waals surface area contributed by atoms with Crippen LogP contribution in [0.2, 0.25) is 0 Å². The van der Waals surface area contributed by atoms with E-state index in [0.717, 1.165) is 22.4 Å². The molecule has 24 heavy (non-hydrogen) atoms. The topological polar surface area (TPSA) is 46.2 Å². The van der Waals surface area contributed by atoms with Crippen LogP contribution in [-0.4, -0.2) is 0 Å². The molecule has 0 saturated carbocycles. The Morgan fingerprint density at radius 2 is 1.50 bits per heavy atom. The summed E-state index contributed by atoms with van der Waals surface area (Å²) in [5, 5.41) is 3.12. The van der Waals surface area contributed by atoms with Gasteiger partial charge in [-0.05, 0) is 54.2 Å². The molecule has 3 aromatic rings. The van der Waals surface area contributed by atoms with E-state index < -0.39 is 10.9 Å². The third-order valence-electron chi connectivity index (χ3n) is 4.55. The van der Waals surface area contributed by atoms with Crippen LogP contribution in [-0.2, 0) is 0 Å². The van der Waals surface area contributed by atoms with Crippen molar-refractivity contribution in [3.8, 4) is 11.1 Å². The average molecular weight is 319 g/mol. The molecule has 0 unspecified atom stereocenters. The first kappa shape index (κ1) is 16.2. The van der Waals surface area contributed by atoms with Crippen LogP contribution in [0, 0.1) is 13.8 Å². The van der Waals surface area contributed by atoms with Gasteiger partial charge in [-0.3, -0.25) is 9.59 Å². The van der Waals surface area contributed by atoms with E-state index in [-0.39, 0.29) is 0 Å². The molecule has 0 aliphatic rings. The third kappa shape index (κ3) is 2.78. The molecule has 0 radical (unpaired) electrons. The maximum atomic E-state index is 12.1. The molecular weight excluding hydrogens is 298 g/mol. The summed E-state index contributed by atoms with van der Waals surface area (Å²) in [4.78, 5) is 24.1. The van der Waals surface area contributed by atoms with Gasteiger partial charge >= 0.3 is 0 Å². The first-order valence-electron chi connectivity index (χ1n) is 8.16. The molecule has 0 atom stereocenters. The zero-order valence-corrected chi connectivity index (χ0v) is 14.4. The molecule has 0 spiro atoms. The minimum Gasteiger partial charge on any atom is -0.352 e. The fourth-order valence-corrected chi connectivity index (χ4v) is 2.78. The lowest BCUT2D eigenvalue weighted by atomic mass is 9.95. The van der Waals surface area contributed by atoms with E-state index >= 15 is 0 Å². The standard InChI is InChI=1S/C21H21NO2/c1-12(2)15-7-9-17(10-8-15)22-19-18(20(23)21(19)24)16-6-5-13(3)14(4)11-16/h5-12,22H,1-4H3. The van der Waals surface area contributed by atoms with Crippen LogP contribution in [0.1, 0.15) is 36.5 Å². The normalized spacial score (nSPS) is 11.2. The molecule has 3 aromatic carbocycles. The Morgan fingerprint density at radius 3 is 2.08 bits per heavy atom. The maximum Gasteiger partial charge on any atom is 0.250 e. The lowest BCUT2D eigenvalue weighted by molar-refractivity contribution is 0.867. The van der Waals surface area contributed by atoms with E-state index in [1.807, 2.05) is 56.3 Å². The summed E-state index contributed by atoms with van der Waals surface area (Å²) in [5.41, 5.74) is 5.12. The van der Waals surface area contributed by atoms with Crippen molar-refractivity contribution in [3.05, 3.63) is 79.6 Å². The summed E-state index contributed by atoms with van der Waals surface area (Å²) in [6.45, 7) is 8.30. The van der Waals surface area contributed by atoms with Gasteiger partial charge in [0.1, 0.15) is 5.69 Å². The third-order valence-corrected chi connectivity index (χ3v) is 4.55. The monoisotopic (exact) mass is 319 g/mol. The van der Waals surface area contributed by atoms with Gasteiger partial charge in [0.05, 0.1) is 5.56 Å². The second-order valence-electron chi connectivity index (χ2n) is 6.61. The lowest BCUT2D eigenvalue weighted by Crippen LogP contribution is -2.35. The molecule has 0 amide bonds. The van der Waals surface area contributed by atoms with Crippen molar-refractivity contribution < 1.29 is 0 Å². The second-order valence-corrected chi connectivity index (χ2v) is 6.61. The van der Waals surface area contributed by atoms with E-state index in [9.17, 15) is 9.59 Å². The van der Waals surface area contributed by atoms with Gasteiger partial charge in [-0.2, -0.15) is 0 Å². The Balaban J connectivity index is 1.95. The fourth-order valence-electron chi connectivity index (χ4n) is 2.78. The summed E-state index contributed by atoms with van der Waals surface area (Å²) in [6, 6.07) is 13.8. The quantitative estimate of drug-likeness (QED) is 0.723. The number of benzene rings is 2. The van der Waals surface area contributed by atoms with E-state index in [2.05, 4.69) is 19.2 Å². The molecular formula is C21H21NO2. The molecule has 122 valence electrons. The number of hydrogen-bond donors (Lipinski definition) is 1. The number of aryl methyl sites for hydroxylation is 2. The molecule has 0 aliphatic carbocycles.